The first kappa shape index (κ1) is 16.7. The van der Waals surface area contributed by atoms with Crippen LogP contribution in [0.1, 0.15) is 10.4 Å². The normalized spacial score (nSPS) is 16.5. The largest absolute Gasteiger partial charge is 0.607 e. The minimum atomic E-state index is -4.05. The molecule has 0 saturated carbocycles. The van der Waals surface area contributed by atoms with E-state index in [2.05, 4.69) is 15.5 Å². The van der Waals surface area contributed by atoms with Gasteiger partial charge in [0.05, 0.1) is 22.4 Å². The third-order valence-electron chi connectivity index (χ3n) is 3.79. The molecule has 0 fully saturated rings. The summed E-state index contributed by atoms with van der Waals surface area (Å²) in [6, 6.07) is 14.6. The Balaban J connectivity index is 1.66. The molecule has 1 unspecified atom stereocenters. The first-order valence-corrected chi connectivity index (χ1v) is 10.1. The van der Waals surface area contributed by atoms with Crippen molar-refractivity contribution in [1.82, 2.24) is 24.5 Å². The quantitative estimate of drug-likeness (QED) is 0.598. The zero-order valence-electron chi connectivity index (χ0n) is 13.1. The molecule has 4 rings (SSSR count). The summed E-state index contributed by atoms with van der Waals surface area (Å²) < 4.78 is 39.7. The van der Waals surface area contributed by atoms with Gasteiger partial charge in [-0.1, -0.05) is 35.4 Å². The maximum atomic E-state index is 12.7. The van der Waals surface area contributed by atoms with Crippen molar-refractivity contribution in [3.63, 3.8) is 0 Å². The summed E-state index contributed by atoms with van der Waals surface area (Å²) in [6.07, 6.45) is 0. The van der Waals surface area contributed by atoms with E-state index in [1.165, 1.54) is 22.9 Å². The summed E-state index contributed by atoms with van der Waals surface area (Å²) >= 11 is -1.96. The van der Waals surface area contributed by atoms with Crippen LogP contribution in [0.3, 0.4) is 0 Å². The second kappa shape index (κ2) is 6.20. The Bertz CT molecular complexity index is 1080. The lowest BCUT2D eigenvalue weighted by molar-refractivity contribution is 0.0885. The second-order valence-electron chi connectivity index (χ2n) is 5.34. The first-order valence-electron chi connectivity index (χ1n) is 7.38. The van der Waals surface area contributed by atoms with Crippen molar-refractivity contribution in [2.75, 3.05) is 5.88 Å². The molecule has 0 radical (unpaired) electrons. The minimum absolute atomic E-state index is 0.0462. The summed E-state index contributed by atoms with van der Waals surface area (Å²) in [7, 11) is -4.05. The number of hydrogen-bond acceptors (Lipinski definition) is 7. The second-order valence-corrected chi connectivity index (χ2v) is 8.48. The molecule has 2 heterocycles. The fourth-order valence-electron chi connectivity index (χ4n) is 2.57. The Morgan fingerprint density at radius 2 is 1.73 bits per heavy atom. The number of aromatic nitrogens is 4. The van der Waals surface area contributed by atoms with Gasteiger partial charge in [-0.25, -0.2) is 8.42 Å². The molecular weight excluding hydrogens is 378 g/mol. The van der Waals surface area contributed by atoms with Gasteiger partial charge < -0.3 is 4.55 Å². The number of carbonyl (C=O) groups is 1. The van der Waals surface area contributed by atoms with E-state index in [0.29, 0.717) is 9.99 Å². The molecular formula is C15H11N5O4S2. The molecule has 26 heavy (non-hydrogen) atoms. The average Bonchev–Trinajstić information content (AvgIpc) is 3.21. The number of sulfonamides is 1. The third-order valence-corrected chi connectivity index (χ3v) is 6.90. The highest BCUT2D eigenvalue weighted by atomic mass is 32.2. The number of nitrogens with zero attached hydrogens (tertiary/aromatic N) is 5. The van der Waals surface area contributed by atoms with Crippen LogP contribution < -0.4 is 0 Å². The molecule has 132 valence electrons. The summed E-state index contributed by atoms with van der Waals surface area (Å²) in [4.78, 5) is 12.3. The molecule has 0 saturated heterocycles. The SMILES string of the molecule is O=C1c2ccccc2S(=O)(=O)N1C[S+]([O-])c1nnnn1-c1ccccc1. The lowest BCUT2D eigenvalue weighted by Gasteiger charge is -2.16. The molecule has 11 heteroatoms. The molecule has 0 N–H and O–H groups in total. The molecule has 1 aliphatic rings. The number of tetrazole rings is 1. The maximum absolute atomic E-state index is 12.7. The number of para-hydroxylation sites is 1. The number of amides is 1. The third kappa shape index (κ3) is 2.57. The van der Waals surface area contributed by atoms with Gasteiger partial charge in [0.15, 0.2) is 0 Å². The van der Waals surface area contributed by atoms with Gasteiger partial charge in [-0.3, -0.25) is 4.79 Å². The Labute approximate surface area is 151 Å². The van der Waals surface area contributed by atoms with E-state index < -0.39 is 33.0 Å². The summed E-state index contributed by atoms with van der Waals surface area (Å²) in [6.45, 7) is 0. The zero-order valence-corrected chi connectivity index (χ0v) is 14.7. The molecule has 1 atom stereocenters. The van der Waals surface area contributed by atoms with Crippen LogP contribution in [0.5, 0.6) is 0 Å². The minimum Gasteiger partial charge on any atom is -0.607 e. The lowest BCUT2D eigenvalue weighted by Crippen LogP contribution is -2.35. The van der Waals surface area contributed by atoms with Crippen LogP contribution in [0.4, 0.5) is 0 Å². The number of rotatable bonds is 4. The van der Waals surface area contributed by atoms with E-state index in [4.69, 9.17) is 0 Å². The number of hydrogen-bond donors (Lipinski definition) is 0. The van der Waals surface area contributed by atoms with Gasteiger partial charge in [0, 0.05) is 0 Å². The Kier molecular flexibility index (Phi) is 3.98. The predicted molar refractivity (Wildman–Crippen MR) is 90.2 cm³/mol. The topological polar surface area (TPSA) is 121 Å². The van der Waals surface area contributed by atoms with E-state index in [1.807, 2.05) is 0 Å². The summed E-state index contributed by atoms with van der Waals surface area (Å²) in [5.74, 6) is -1.28. The van der Waals surface area contributed by atoms with Crippen molar-refractivity contribution in [1.29, 1.82) is 0 Å². The van der Waals surface area contributed by atoms with E-state index >= 15 is 0 Å². The standard InChI is InChI=1S/C15H11N5O4S2/c21-14-12-8-4-5-9-13(12)26(23,24)19(14)10-25(22)15-16-17-18-20(15)11-6-2-1-3-7-11/h1-9H,10H2. The molecule has 1 amide bonds. The number of carbonyl (C=O) groups excluding carboxylic acids is 1. The molecule has 1 aliphatic heterocycles. The maximum Gasteiger partial charge on any atom is 0.367 e. The molecule has 1 aromatic heterocycles. The van der Waals surface area contributed by atoms with Crippen LogP contribution in [-0.2, 0) is 21.2 Å². The van der Waals surface area contributed by atoms with Crippen LogP contribution in [0.15, 0.2) is 64.6 Å². The Morgan fingerprint density at radius 1 is 1.04 bits per heavy atom. The predicted octanol–water partition coefficient (Wildman–Crippen LogP) is 0.572. The van der Waals surface area contributed by atoms with Crippen molar-refractivity contribution < 1.29 is 17.8 Å². The van der Waals surface area contributed by atoms with Crippen LogP contribution in [0, 0.1) is 0 Å². The molecule has 0 aliphatic carbocycles. The van der Waals surface area contributed by atoms with Crippen LogP contribution >= 0.6 is 0 Å². The number of benzene rings is 2. The van der Waals surface area contributed by atoms with E-state index in [0.717, 1.165) is 0 Å². The van der Waals surface area contributed by atoms with E-state index in [9.17, 15) is 17.8 Å². The van der Waals surface area contributed by atoms with Gasteiger partial charge in [-0.05, 0) is 34.7 Å². The monoisotopic (exact) mass is 389 g/mol. The van der Waals surface area contributed by atoms with Gasteiger partial charge in [0.1, 0.15) is 4.90 Å². The highest BCUT2D eigenvalue weighted by Gasteiger charge is 2.44. The van der Waals surface area contributed by atoms with E-state index in [1.54, 1.807) is 36.4 Å². The molecule has 9 nitrogen and oxygen atoms in total. The summed E-state index contributed by atoms with van der Waals surface area (Å²) in [5, 5.41) is 11.0. The molecule has 0 bridgehead atoms. The number of fused-ring (bicyclic) bond motifs is 1. The molecule has 2 aromatic carbocycles. The van der Waals surface area contributed by atoms with Crippen molar-refractivity contribution in [2.24, 2.45) is 0 Å². The van der Waals surface area contributed by atoms with Gasteiger partial charge >= 0.3 is 5.16 Å². The van der Waals surface area contributed by atoms with Crippen molar-refractivity contribution in [2.45, 2.75) is 10.1 Å². The fourth-order valence-corrected chi connectivity index (χ4v) is 5.56. The van der Waals surface area contributed by atoms with Crippen LogP contribution in [0.2, 0.25) is 0 Å². The highest BCUT2D eigenvalue weighted by Crippen LogP contribution is 2.31. The Hall–Kier alpha value is -2.76. The van der Waals surface area contributed by atoms with Crippen molar-refractivity contribution >= 4 is 27.1 Å². The first-order chi connectivity index (χ1) is 12.5. The van der Waals surface area contributed by atoms with Crippen LogP contribution in [-0.4, -0.2) is 49.3 Å². The summed E-state index contributed by atoms with van der Waals surface area (Å²) in [5.41, 5.74) is 0.631. The van der Waals surface area contributed by atoms with Gasteiger partial charge in [-0.15, -0.1) is 0 Å². The van der Waals surface area contributed by atoms with Gasteiger partial charge in [0.25, 0.3) is 15.9 Å². The van der Waals surface area contributed by atoms with Gasteiger partial charge in [-0.2, -0.15) is 8.99 Å². The van der Waals surface area contributed by atoms with E-state index in [-0.39, 0.29) is 15.6 Å². The Morgan fingerprint density at radius 3 is 2.46 bits per heavy atom. The molecule has 3 aromatic rings. The van der Waals surface area contributed by atoms with Crippen molar-refractivity contribution in [3.05, 3.63) is 60.2 Å². The van der Waals surface area contributed by atoms with Gasteiger partial charge in [0.2, 0.25) is 5.88 Å². The van der Waals surface area contributed by atoms with Crippen molar-refractivity contribution in [3.8, 4) is 5.69 Å². The smallest absolute Gasteiger partial charge is 0.367 e. The fraction of sp³-hybridized carbons (Fsp3) is 0.0667. The van der Waals surface area contributed by atoms with Crippen LogP contribution in [0.25, 0.3) is 5.69 Å². The average molecular weight is 389 g/mol. The highest BCUT2D eigenvalue weighted by molar-refractivity contribution is 7.94. The zero-order chi connectivity index (χ0) is 18.3. The lowest BCUT2D eigenvalue weighted by atomic mass is 10.2. The molecule has 0 spiro atoms.